The van der Waals surface area contributed by atoms with Gasteiger partial charge < -0.3 is 25.0 Å². The highest BCUT2D eigenvalue weighted by atomic mass is 32.2. The highest BCUT2D eigenvalue weighted by molar-refractivity contribution is 7.92. The molecule has 1 aliphatic carbocycles. The number of sulfonamides is 1. The predicted octanol–water partition coefficient (Wildman–Crippen LogP) is 2.25. The van der Waals surface area contributed by atoms with E-state index in [0.29, 0.717) is 6.54 Å². The number of rotatable bonds is 7. The first-order valence-corrected chi connectivity index (χ1v) is 14.1. The molecule has 1 aliphatic heterocycles. The molecule has 3 atom stereocenters. The van der Waals surface area contributed by atoms with Crippen LogP contribution in [0.4, 0.5) is 10.5 Å². The standard InChI is InChI=1S/C24H38N4O6S/c1-16-13-28(17(2)15-29)23(30)19-11-8-12-20(26-35(4,32)33)22(19)34-21(16)14-27(3)24(31)25-18-9-6-5-7-10-18/h8,11-12,16-18,21,26,29H,5-7,9-10,13-15H2,1-4H3,(H,25,31)/t16-,17+,21-/m0/s1. The van der Waals surface area contributed by atoms with Crippen LogP contribution < -0.4 is 14.8 Å². The first kappa shape index (κ1) is 27.1. The van der Waals surface area contributed by atoms with Crippen molar-refractivity contribution in [2.75, 3.05) is 37.7 Å². The Hall–Kier alpha value is -2.53. The van der Waals surface area contributed by atoms with Gasteiger partial charge in [-0.15, -0.1) is 0 Å². The quantitative estimate of drug-likeness (QED) is 0.516. The molecule has 3 amide bonds. The molecule has 1 heterocycles. The molecule has 0 bridgehead atoms. The van der Waals surface area contributed by atoms with Crippen molar-refractivity contribution >= 4 is 27.6 Å². The second-order valence-electron chi connectivity index (χ2n) is 9.84. The van der Waals surface area contributed by atoms with E-state index in [1.807, 2.05) is 6.92 Å². The summed E-state index contributed by atoms with van der Waals surface area (Å²) >= 11 is 0. The van der Waals surface area contributed by atoms with Gasteiger partial charge in [0.2, 0.25) is 10.0 Å². The number of hydrogen-bond donors (Lipinski definition) is 3. The van der Waals surface area contributed by atoms with Crippen LogP contribution in [0.2, 0.25) is 0 Å². The van der Waals surface area contributed by atoms with Gasteiger partial charge in [0.15, 0.2) is 5.75 Å². The third-order valence-corrected chi connectivity index (χ3v) is 7.31. The van der Waals surface area contributed by atoms with Crippen molar-refractivity contribution in [3.63, 3.8) is 0 Å². The van der Waals surface area contributed by atoms with E-state index in [1.165, 1.54) is 12.5 Å². The Labute approximate surface area is 208 Å². The molecule has 1 aromatic carbocycles. The lowest BCUT2D eigenvalue weighted by Crippen LogP contribution is -2.52. The number of nitrogens with zero attached hydrogens (tertiary/aromatic N) is 2. The van der Waals surface area contributed by atoms with E-state index < -0.39 is 22.2 Å². The number of carbonyl (C=O) groups excluding carboxylic acids is 2. The lowest BCUT2D eigenvalue weighted by molar-refractivity contribution is 0.0368. The zero-order valence-electron chi connectivity index (χ0n) is 21.0. The summed E-state index contributed by atoms with van der Waals surface area (Å²) in [4.78, 5) is 29.4. The number of nitrogens with one attached hydrogen (secondary N) is 2. The van der Waals surface area contributed by atoms with Crippen molar-refractivity contribution in [1.29, 1.82) is 0 Å². The van der Waals surface area contributed by atoms with Crippen LogP contribution in [0.15, 0.2) is 18.2 Å². The molecule has 0 aromatic heterocycles. The van der Waals surface area contributed by atoms with Crippen LogP contribution in [-0.2, 0) is 10.0 Å². The number of benzene rings is 1. The molecule has 1 saturated carbocycles. The summed E-state index contributed by atoms with van der Waals surface area (Å²) in [5.74, 6) is -0.444. The minimum atomic E-state index is -3.64. The van der Waals surface area contributed by atoms with Crippen LogP contribution in [0.3, 0.4) is 0 Å². The molecule has 1 fully saturated rings. The van der Waals surface area contributed by atoms with Crippen molar-refractivity contribution < 1.29 is 27.9 Å². The molecule has 3 rings (SSSR count). The number of aliphatic hydroxyl groups is 1. The number of amides is 3. The molecule has 35 heavy (non-hydrogen) atoms. The molecule has 0 radical (unpaired) electrons. The molecule has 0 spiro atoms. The fourth-order valence-electron chi connectivity index (χ4n) is 4.63. The van der Waals surface area contributed by atoms with E-state index in [2.05, 4.69) is 10.0 Å². The molecule has 2 aliphatic rings. The molecule has 196 valence electrons. The Balaban J connectivity index is 1.91. The highest BCUT2D eigenvalue weighted by Gasteiger charge is 2.35. The zero-order valence-corrected chi connectivity index (χ0v) is 21.8. The van der Waals surface area contributed by atoms with Crippen molar-refractivity contribution in [2.24, 2.45) is 5.92 Å². The number of likely N-dealkylation sites (N-methyl/N-ethyl adjacent to an activating group) is 1. The van der Waals surface area contributed by atoms with Gasteiger partial charge >= 0.3 is 6.03 Å². The Morgan fingerprint density at radius 1 is 1.29 bits per heavy atom. The van der Waals surface area contributed by atoms with Gasteiger partial charge in [0.1, 0.15) is 6.10 Å². The number of aliphatic hydroxyl groups excluding tert-OH is 1. The maximum Gasteiger partial charge on any atom is 0.317 e. The largest absolute Gasteiger partial charge is 0.485 e. The Bertz CT molecular complexity index is 1010. The number of hydrogen-bond acceptors (Lipinski definition) is 6. The van der Waals surface area contributed by atoms with Crippen LogP contribution in [0.1, 0.15) is 56.3 Å². The van der Waals surface area contributed by atoms with E-state index in [9.17, 15) is 23.1 Å². The van der Waals surface area contributed by atoms with Gasteiger partial charge in [-0.05, 0) is 31.9 Å². The summed E-state index contributed by atoms with van der Waals surface area (Å²) in [5, 5.41) is 12.9. The summed E-state index contributed by atoms with van der Waals surface area (Å²) in [5.41, 5.74) is 0.355. The summed E-state index contributed by atoms with van der Waals surface area (Å²) < 4.78 is 32.7. The summed E-state index contributed by atoms with van der Waals surface area (Å²) in [6.07, 6.45) is 5.86. The van der Waals surface area contributed by atoms with Gasteiger partial charge in [0.25, 0.3) is 5.91 Å². The van der Waals surface area contributed by atoms with Gasteiger partial charge in [-0.1, -0.05) is 32.3 Å². The van der Waals surface area contributed by atoms with E-state index in [4.69, 9.17) is 4.74 Å². The Morgan fingerprint density at radius 3 is 2.60 bits per heavy atom. The van der Waals surface area contributed by atoms with E-state index in [-0.39, 0.29) is 54.1 Å². The third kappa shape index (κ3) is 7.00. The monoisotopic (exact) mass is 510 g/mol. The van der Waals surface area contributed by atoms with E-state index >= 15 is 0 Å². The summed E-state index contributed by atoms with van der Waals surface area (Å²) in [6.45, 7) is 4.00. The summed E-state index contributed by atoms with van der Waals surface area (Å²) in [6, 6.07) is 4.23. The van der Waals surface area contributed by atoms with Crippen molar-refractivity contribution in [1.82, 2.24) is 15.1 Å². The van der Waals surface area contributed by atoms with Crippen molar-refractivity contribution in [3.05, 3.63) is 23.8 Å². The van der Waals surface area contributed by atoms with Crippen molar-refractivity contribution in [2.45, 2.75) is 64.1 Å². The molecule has 3 N–H and O–H groups in total. The van der Waals surface area contributed by atoms with Crippen LogP contribution in [0, 0.1) is 5.92 Å². The summed E-state index contributed by atoms with van der Waals surface area (Å²) in [7, 11) is -1.93. The smallest absolute Gasteiger partial charge is 0.317 e. The number of anilines is 1. The van der Waals surface area contributed by atoms with Crippen LogP contribution in [-0.4, -0.2) is 86.4 Å². The second kappa shape index (κ2) is 11.5. The normalized spacial score (nSPS) is 22.3. The van der Waals surface area contributed by atoms with E-state index in [1.54, 1.807) is 35.9 Å². The average Bonchev–Trinajstić information content (AvgIpc) is 2.80. The SMILES string of the molecule is C[C@H](CO)N1C[C@H](C)[C@H](CN(C)C(=O)NC2CCCCC2)Oc2c(NS(C)(=O)=O)cccc2C1=O. The van der Waals surface area contributed by atoms with Crippen LogP contribution >= 0.6 is 0 Å². The minimum absolute atomic E-state index is 0.121. The fraction of sp³-hybridized carbons (Fsp3) is 0.667. The molecular formula is C24H38N4O6S. The second-order valence-corrected chi connectivity index (χ2v) is 11.6. The third-order valence-electron chi connectivity index (χ3n) is 6.72. The van der Waals surface area contributed by atoms with Crippen molar-refractivity contribution in [3.8, 4) is 5.75 Å². The Kier molecular flexibility index (Phi) is 8.87. The van der Waals surface area contributed by atoms with Gasteiger partial charge in [0.05, 0.1) is 36.7 Å². The fourth-order valence-corrected chi connectivity index (χ4v) is 5.19. The molecule has 11 heteroatoms. The number of urea groups is 1. The first-order valence-electron chi connectivity index (χ1n) is 12.2. The maximum atomic E-state index is 13.4. The number of para-hydroxylation sites is 1. The number of carbonyl (C=O) groups is 2. The topological polar surface area (TPSA) is 128 Å². The Morgan fingerprint density at radius 2 is 1.97 bits per heavy atom. The van der Waals surface area contributed by atoms with Crippen LogP contribution in [0.25, 0.3) is 0 Å². The maximum absolute atomic E-state index is 13.4. The zero-order chi connectivity index (χ0) is 25.8. The average molecular weight is 511 g/mol. The van der Waals surface area contributed by atoms with Gasteiger partial charge in [0, 0.05) is 25.6 Å². The van der Waals surface area contributed by atoms with Gasteiger partial charge in [-0.2, -0.15) is 0 Å². The lowest BCUT2D eigenvalue weighted by Gasteiger charge is -2.38. The van der Waals surface area contributed by atoms with Crippen LogP contribution in [0.5, 0.6) is 5.75 Å². The highest BCUT2D eigenvalue weighted by Crippen LogP contribution is 2.35. The number of ether oxygens (including phenoxy) is 1. The predicted molar refractivity (Wildman–Crippen MR) is 134 cm³/mol. The molecular weight excluding hydrogens is 472 g/mol. The van der Waals surface area contributed by atoms with E-state index in [0.717, 1.165) is 31.9 Å². The lowest BCUT2D eigenvalue weighted by atomic mass is 9.96. The van der Waals surface area contributed by atoms with Gasteiger partial charge in [-0.3, -0.25) is 9.52 Å². The van der Waals surface area contributed by atoms with Gasteiger partial charge in [-0.25, -0.2) is 13.2 Å². The first-order chi connectivity index (χ1) is 16.5. The molecule has 1 aromatic rings. The molecule has 10 nitrogen and oxygen atoms in total. The minimum Gasteiger partial charge on any atom is -0.485 e. The number of fused-ring (bicyclic) bond motifs is 1. The molecule has 0 unspecified atom stereocenters. The molecule has 0 saturated heterocycles.